The molecule has 1 atom stereocenters. The van der Waals surface area contributed by atoms with Gasteiger partial charge in [-0.05, 0) is 18.2 Å². The molecule has 1 aliphatic heterocycles. The van der Waals surface area contributed by atoms with Crippen LogP contribution in [0.15, 0.2) is 29.3 Å². The smallest absolute Gasteiger partial charge is 0.335 e. The number of hydrogen-bond acceptors (Lipinski definition) is 5. The molecule has 1 aliphatic rings. The van der Waals surface area contributed by atoms with Crippen molar-refractivity contribution in [1.82, 2.24) is 4.90 Å². The molecule has 7 nitrogen and oxygen atoms in total. The Labute approximate surface area is 131 Å². The highest BCUT2D eigenvalue weighted by atomic mass is 32.2. The van der Waals surface area contributed by atoms with Crippen molar-refractivity contribution in [2.24, 2.45) is 4.99 Å². The van der Waals surface area contributed by atoms with E-state index in [4.69, 9.17) is 5.11 Å². The van der Waals surface area contributed by atoms with Crippen LogP contribution in [-0.2, 0) is 9.59 Å². The summed E-state index contributed by atoms with van der Waals surface area (Å²) in [7, 11) is 3.17. The minimum atomic E-state index is -1.07. The second-order valence-corrected chi connectivity index (χ2v) is 5.81. The number of carboxylic acid groups (broad SMARTS) is 1. The van der Waals surface area contributed by atoms with Gasteiger partial charge in [0.2, 0.25) is 11.8 Å². The van der Waals surface area contributed by atoms with Crippen molar-refractivity contribution < 1.29 is 19.5 Å². The molecule has 2 N–H and O–H groups in total. The van der Waals surface area contributed by atoms with Crippen molar-refractivity contribution in [2.45, 2.75) is 11.7 Å². The van der Waals surface area contributed by atoms with Crippen LogP contribution in [0.4, 0.5) is 5.69 Å². The molecule has 1 aromatic carbocycles. The van der Waals surface area contributed by atoms with E-state index in [2.05, 4.69) is 10.3 Å². The van der Waals surface area contributed by atoms with E-state index >= 15 is 0 Å². The van der Waals surface area contributed by atoms with Crippen LogP contribution >= 0.6 is 11.8 Å². The van der Waals surface area contributed by atoms with Gasteiger partial charge in [-0.15, -0.1) is 0 Å². The van der Waals surface area contributed by atoms with Gasteiger partial charge in [0.15, 0.2) is 5.17 Å². The molecule has 2 rings (SSSR count). The fraction of sp³-hybridized carbons (Fsp3) is 0.286. The first-order chi connectivity index (χ1) is 10.4. The van der Waals surface area contributed by atoms with E-state index in [0.717, 1.165) is 0 Å². The van der Waals surface area contributed by atoms with E-state index in [9.17, 15) is 14.4 Å². The van der Waals surface area contributed by atoms with Gasteiger partial charge in [-0.2, -0.15) is 0 Å². The Bertz CT molecular complexity index is 659. The Balaban J connectivity index is 2.11. The normalized spacial score (nSPS) is 20.1. The number of nitrogens with one attached hydrogen (secondary N) is 1. The zero-order chi connectivity index (χ0) is 16.3. The van der Waals surface area contributed by atoms with Crippen molar-refractivity contribution in [1.29, 1.82) is 0 Å². The van der Waals surface area contributed by atoms with E-state index < -0.39 is 11.2 Å². The average molecular weight is 321 g/mol. The van der Waals surface area contributed by atoms with Gasteiger partial charge < -0.3 is 10.4 Å². The zero-order valence-electron chi connectivity index (χ0n) is 12.1. The third-order valence-electron chi connectivity index (χ3n) is 3.13. The molecular formula is C14H15N3O4S. The Morgan fingerprint density at radius 3 is 2.82 bits per heavy atom. The number of rotatable bonds is 3. The molecule has 0 bridgehead atoms. The molecule has 0 aromatic heterocycles. The quantitative estimate of drug-likeness (QED) is 0.873. The van der Waals surface area contributed by atoms with Gasteiger partial charge in [0.1, 0.15) is 5.25 Å². The van der Waals surface area contributed by atoms with Crippen LogP contribution in [0.5, 0.6) is 0 Å². The van der Waals surface area contributed by atoms with E-state index in [1.165, 1.54) is 28.8 Å². The minimum Gasteiger partial charge on any atom is -0.478 e. The van der Waals surface area contributed by atoms with Gasteiger partial charge >= 0.3 is 5.97 Å². The maximum absolute atomic E-state index is 12.3. The number of amidine groups is 1. The maximum atomic E-state index is 12.3. The van der Waals surface area contributed by atoms with Crippen LogP contribution in [0.1, 0.15) is 16.8 Å². The summed E-state index contributed by atoms with van der Waals surface area (Å²) in [4.78, 5) is 40.4. The molecule has 1 aromatic rings. The fourth-order valence-electron chi connectivity index (χ4n) is 1.95. The lowest BCUT2D eigenvalue weighted by Crippen LogP contribution is -2.43. The summed E-state index contributed by atoms with van der Waals surface area (Å²) in [6.07, 6.45) is 0.0740. The van der Waals surface area contributed by atoms with Crippen LogP contribution in [0.3, 0.4) is 0 Å². The van der Waals surface area contributed by atoms with Crippen LogP contribution in [0.2, 0.25) is 0 Å². The number of benzene rings is 1. The largest absolute Gasteiger partial charge is 0.478 e. The third kappa shape index (κ3) is 3.45. The first-order valence-corrected chi connectivity index (χ1v) is 7.34. The van der Waals surface area contributed by atoms with Crippen molar-refractivity contribution in [2.75, 3.05) is 19.4 Å². The predicted octanol–water partition coefficient (Wildman–Crippen LogP) is 1.27. The Hall–Kier alpha value is -2.35. The standard InChI is InChI=1S/C14H15N3O4S/c1-15-14-17(2)11(18)7-10(22-14)12(19)16-9-5-3-4-8(6-9)13(20)21/h3-6,10H,7H2,1-2H3,(H,16,19)(H,20,21)/t10-/m0/s1. The van der Waals surface area contributed by atoms with Gasteiger partial charge in [0.25, 0.3) is 0 Å². The van der Waals surface area contributed by atoms with Gasteiger partial charge in [0.05, 0.1) is 5.56 Å². The predicted molar refractivity (Wildman–Crippen MR) is 84.2 cm³/mol. The van der Waals surface area contributed by atoms with Crippen LogP contribution < -0.4 is 5.32 Å². The average Bonchev–Trinajstić information content (AvgIpc) is 2.50. The monoisotopic (exact) mass is 321 g/mol. The van der Waals surface area contributed by atoms with Crippen LogP contribution in [0, 0.1) is 0 Å². The van der Waals surface area contributed by atoms with E-state index in [-0.39, 0.29) is 23.8 Å². The molecule has 0 aliphatic carbocycles. The lowest BCUT2D eigenvalue weighted by atomic mass is 10.2. The second-order valence-electron chi connectivity index (χ2n) is 4.64. The fourth-order valence-corrected chi connectivity index (χ4v) is 2.96. The zero-order valence-corrected chi connectivity index (χ0v) is 12.9. The number of carbonyl (C=O) groups excluding carboxylic acids is 2. The second kappa shape index (κ2) is 6.61. The number of aromatic carboxylic acids is 1. The molecule has 1 saturated heterocycles. The molecule has 0 radical (unpaired) electrons. The minimum absolute atomic E-state index is 0.0740. The lowest BCUT2D eigenvalue weighted by molar-refractivity contribution is -0.128. The van der Waals surface area contributed by atoms with E-state index in [1.807, 2.05) is 0 Å². The summed E-state index contributed by atoms with van der Waals surface area (Å²) >= 11 is 1.21. The number of nitrogens with zero attached hydrogens (tertiary/aromatic N) is 2. The maximum Gasteiger partial charge on any atom is 0.335 e. The van der Waals surface area contributed by atoms with E-state index in [1.54, 1.807) is 26.2 Å². The summed E-state index contributed by atoms with van der Waals surface area (Å²) in [6, 6.07) is 5.95. The van der Waals surface area contributed by atoms with Crippen LogP contribution in [0.25, 0.3) is 0 Å². The van der Waals surface area contributed by atoms with Gasteiger partial charge in [-0.3, -0.25) is 19.5 Å². The molecule has 22 heavy (non-hydrogen) atoms. The summed E-state index contributed by atoms with van der Waals surface area (Å²) in [5.74, 6) is -1.60. The number of amides is 2. The first kappa shape index (κ1) is 16.0. The van der Waals surface area contributed by atoms with Crippen molar-refractivity contribution in [3.05, 3.63) is 29.8 Å². The molecule has 0 saturated carbocycles. The summed E-state index contributed by atoms with van der Waals surface area (Å²) < 4.78 is 0. The van der Waals surface area contributed by atoms with E-state index in [0.29, 0.717) is 10.9 Å². The number of carboxylic acids is 1. The van der Waals surface area contributed by atoms with Crippen molar-refractivity contribution >= 4 is 40.4 Å². The highest BCUT2D eigenvalue weighted by molar-refractivity contribution is 8.15. The van der Waals surface area contributed by atoms with Crippen molar-refractivity contribution in [3.63, 3.8) is 0 Å². The molecule has 0 spiro atoms. The molecule has 8 heteroatoms. The van der Waals surface area contributed by atoms with Gasteiger partial charge in [0, 0.05) is 26.2 Å². The highest BCUT2D eigenvalue weighted by Gasteiger charge is 2.33. The first-order valence-electron chi connectivity index (χ1n) is 6.46. The molecule has 1 heterocycles. The Kier molecular flexibility index (Phi) is 4.81. The topological polar surface area (TPSA) is 99.1 Å². The highest BCUT2D eigenvalue weighted by Crippen LogP contribution is 2.26. The molecule has 0 unspecified atom stereocenters. The van der Waals surface area contributed by atoms with Gasteiger partial charge in [-0.25, -0.2) is 4.79 Å². The van der Waals surface area contributed by atoms with Gasteiger partial charge in [-0.1, -0.05) is 17.8 Å². The SMILES string of the molecule is CN=C1S[C@H](C(=O)Nc2cccc(C(=O)O)c2)CC(=O)N1C. The Morgan fingerprint density at radius 2 is 2.18 bits per heavy atom. The molecular weight excluding hydrogens is 306 g/mol. The Morgan fingerprint density at radius 1 is 1.45 bits per heavy atom. The summed E-state index contributed by atoms with van der Waals surface area (Å²) in [6.45, 7) is 0. The number of carbonyl (C=O) groups is 3. The number of hydrogen-bond donors (Lipinski definition) is 2. The number of aliphatic imine (C=N–C) groups is 1. The summed E-state index contributed by atoms with van der Waals surface area (Å²) in [5.41, 5.74) is 0.465. The lowest BCUT2D eigenvalue weighted by Gasteiger charge is -2.28. The number of anilines is 1. The van der Waals surface area contributed by atoms with Crippen LogP contribution in [-0.4, -0.2) is 52.3 Å². The summed E-state index contributed by atoms with van der Waals surface area (Å²) in [5, 5.41) is 11.5. The molecule has 116 valence electrons. The van der Waals surface area contributed by atoms with Crippen molar-refractivity contribution in [3.8, 4) is 0 Å². The number of thioether (sulfide) groups is 1. The molecule has 1 fully saturated rings. The molecule has 2 amide bonds. The third-order valence-corrected chi connectivity index (χ3v) is 4.46.